The molecule has 1 aromatic heterocycles. The van der Waals surface area contributed by atoms with Gasteiger partial charge < -0.3 is 26.9 Å². The Balaban J connectivity index is 0.00000312. The molecule has 7 N–H and O–H groups in total. The largest absolute Gasteiger partial charge is 0.480 e. The molecule has 8 nitrogen and oxygen atoms in total. The Hall–Kier alpha value is -1.23. The second kappa shape index (κ2) is 10.0. The number of carboxylic acid groups (broad SMARTS) is 1. The summed E-state index contributed by atoms with van der Waals surface area (Å²) in [5.74, 6) is -2.32. The van der Waals surface area contributed by atoms with Crippen LogP contribution in [-0.2, 0) is 20.8 Å². The van der Waals surface area contributed by atoms with Crippen molar-refractivity contribution in [2.45, 2.75) is 31.3 Å². The van der Waals surface area contributed by atoms with Crippen LogP contribution in [-0.4, -0.2) is 91.3 Å². The normalized spacial score (nSPS) is 12.8. The molecule has 0 saturated heterocycles. The zero-order chi connectivity index (χ0) is 17.7. The second-order valence-electron chi connectivity index (χ2n) is 5.57. The van der Waals surface area contributed by atoms with Crippen molar-refractivity contribution in [3.63, 3.8) is 0 Å². The third-order valence-corrected chi connectivity index (χ3v) is 3.78. The van der Waals surface area contributed by atoms with E-state index in [0.29, 0.717) is 0 Å². The summed E-state index contributed by atoms with van der Waals surface area (Å²) in [4.78, 5) is 37.2. The minimum absolute atomic E-state index is 0. The Bertz CT molecular complexity index is 761. The maximum Gasteiger partial charge on any atom is 0.326 e. The van der Waals surface area contributed by atoms with Crippen LogP contribution >= 0.6 is 0 Å². The minimum atomic E-state index is -1.13. The minimum Gasteiger partial charge on any atom is -0.480 e. The van der Waals surface area contributed by atoms with Gasteiger partial charge in [-0.3, -0.25) is 9.59 Å². The Morgan fingerprint density at radius 3 is 2.56 bits per heavy atom. The number of amides is 2. The van der Waals surface area contributed by atoms with Crippen molar-refractivity contribution in [1.29, 1.82) is 0 Å². The number of carbonyl (C=O) groups is 3. The van der Waals surface area contributed by atoms with Gasteiger partial charge in [-0.25, -0.2) is 4.79 Å². The summed E-state index contributed by atoms with van der Waals surface area (Å²) in [5.41, 5.74) is 12.2. The first-order chi connectivity index (χ1) is 11.4. The third-order valence-electron chi connectivity index (χ3n) is 3.78. The van der Waals surface area contributed by atoms with Gasteiger partial charge in [0.15, 0.2) is 0 Å². The summed E-state index contributed by atoms with van der Waals surface area (Å²) in [6, 6.07) is 5.51. The molecule has 25 heavy (non-hydrogen) atoms. The maximum atomic E-state index is 11.9. The number of aromatic nitrogens is 1. The number of hydrogen-bond acceptors (Lipinski definition) is 4. The Kier molecular flexibility index (Phi) is 8.76. The van der Waals surface area contributed by atoms with E-state index in [1.165, 1.54) is 0 Å². The van der Waals surface area contributed by atoms with Crippen LogP contribution in [0.3, 0.4) is 0 Å². The molecule has 0 spiro atoms. The van der Waals surface area contributed by atoms with Crippen LogP contribution in [0.15, 0.2) is 30.5 Å². The van der Waals surface area contributed by atoms with Crippen LogP contribution in [0, 0.1) is 0 Å². The van der Waals surface area contributed by atoms with Gasteiger partial charge >= 0.3 is 5.97 Å². The number of nitrogens with two attached hydrogens (primary N) is 2. The van der Waals surface area contributed by atoms with E-state index in [-0.39, 0.29) is 70.6 Å². The Morgan fingerprint density at radius 2 is 1.92 bits per heavy atom. The number of rotatable bonds is 8. The van der Waals surface area contributed by atoms with Crippen molar-refractivity contribution in [2.75, 3.05) is 0 Å². The molecule has 0 unspecified atom stereocenters. The van der Waals surface area contributed by atoms with E-state index in [9.17, 15) is 19.5 Å². The van der Waals surface area contributed by atoms with E-state index < -0.39 is 29.9 Å². The third kappa shape index (κ3) is 6.21. The zero-order valence-electron chi connectivity index (χ0n) is 14.0. The fourth-order valence-corrected chi connectivity index (χ4v) is 2.42. The number of nitrogens with one attached hydrogen (secondary N) is 2. The summed E-state index contributed by atoms with van der Waals surface area (Å²) in [6.45, 7) is 0. The SMILES string of the molecule is NC(=O)[C@H](N)CCC(=O)N[C@H](Cc1c[nH]c2ccccc12)C(=O)O.[K]. The van der Waals surface area contributed by atoms with Crippen LogP contribution in [0.1, 0.15) is 18.4 Å². The molecule has 2 aromatic rings. The maximum absolute atomic E-state index is 11.9. The van der Waals surface area contributed by atoms with Crippen molar-refractivity contribution in [2.24, 2.45) is 11.5 Å². The predicted octanol–water partition coefficient (Wildman–Crippen LogP) is -0.508. The van der Waals surface area contributed by atoms with E-state index >= 15 is 0 Å². The topological polar surface area (TPSA) is 151 Å². The van der Waals surface area contributed by atoms with E-state index in [1.807, 2.05) is 24.3 Å². The number of para-hydroxylation sites is 1. The number of carbonyl (C=O) groups excluding carboxylic acids is 2. The summed E-state index contributed by atoms with van der Waals surface area (Å²) in [5, 5.41) is 12.7. The molecule has 1 radical (unpaired) electrons. The van der Waals surface area contributed by atoms with E-state index in [0.717, 1.165) is 16.5 Å². The average Bonchev–Trinajstić information content (AvgIpc) is 2.95. The molecular weight excluding hydrogens is 351 g/mol. The van der Waals surface area contributed by atoms with E-state index in [4.69, 9.17) is 11.5 Å². The van der Waals surface area contributed by atoms with Gasteiger partial charge in [0, 0.05) is 81.3 Å². The van der Waals surface area contributed by atoms with Crippen molar-refractivity contribution in [1.82, 2.24) is 10.3 Å². The first-order valence-electron chi connectivity index (χ1n) is 7.50. The number of fused-ring (bicyclic) bond motifs is 1. The number of aliphatic carboxylic acids is 1. The molecule has 0 fully saturated rings. The molecule has 1 aromatic carbocycles. The first kappa shape index (κ1) is 21.8. The van der Waals surface area contributed by atoms with E-state index in [2.05, 4.69) is 10.3 Å². The summed E-state index contributed by atoms with van der Waals surface area (Å²) in [7, 11) is 0. The van der Waals surface area contributed by atoms with Crippen LogP contribution in [0.25, 0.3) is 10.9 Å². The quantitative estimate of drug-likeness (QED) is 0.396. The van der Waals surface area contributed by atoms with Gasteiger partial charge in [0.25, 0.3) is 0 Å². The molecule has 2 rings (SSSR count). The van der Waals surface area contributed by atoms with Gasteiger partial charge in [-0.15, -0.1) is 0 Å². The molecule has 0 bridgehead atoms. The molecule has 0 aliphatic heterocycles. The van der Waals surface area contributed by atoms with Gasteiger partial charge in [0.05, 0.1) is 6.04 Å². The Labute approximate surface area is 187 Å². The van der Waals surface area contributed by atoms with Gasteiger partial charge in [-0.05, 0) is 18.1 Å². The molecule has 129 valence electrons. The average molecular weight is 371 g/mol. The molecular formula is C16H20KN4O4. The standard InChI is InChI=1S/C16H20N4O4.K/c17-11(15(18)22)5-6-14(21)20-13(16(23)24)7-9-8-19-12-4-2-1-3-10(9)12;/h1-4,8,11,13,19H,5-7,17H2,(H2,18,22)(H,20,21)(H,23,24);/t11-,13-;/m1./s1. The number of H-pyrrole nitrogens is 1. The number of carboxylic acids is 1. The molecule has 2 atom stereocenters. The first-order valence-corrected chi connectivity index (χ1v) is 7.50. The summed E-state index contributed by atoms with van der Waals surface area (Å²) >= 11 is 0. The van der Waals surface area contributed by atoms with Crippen molar-refractivity contribution >= 4 is 80.1 Å². The smallest absolute Gasteiger partial charge is 0.326 e. The molecule has 2 amide bonds. The van der Waals surface area contributed by atoms with Crippen molar-refractivity contribution in [3.05, 3.63) is 36.0 Å². The number of primary amides is 1. The number of benzene rings is 1. The van der Waals surface area contributed by atoms with Gasteiger partial charge in [0.2, 0.25) is 11.8 Å². The van der Waals surface area contributed by atoms with Crippen LogP contribution < -0.4 is 16.8 Å². The van der Waals surface area contributed by atoms with Crippen molar-refractivity contribution < 1.29 is 19.5 Å². The van der Waals surface area contributed by atoms with Crippen molar-refractivity contribution in [3.8, 4) is 0 Å². The fourth-order valence-electron chi connectivity index (χ4n) is 2.42. The van der Waals surface area contributed by atoms with Crippen LogP contribution in [0.5, 0.6) is 0 Å². The number of aromatic amines is 1. The zero-order valence-corrected chi connectivity index (χ0v) is 17.1. The molecule has 0 saturated carbocycles. The Morgan fingerprint density at radius 1 is 1.24 bits per heavy atom. The van der Waals surface area contributed by atoms with Gasteiger partial charge in [-0.2, -0.15) is 0 Å². The van der Waals surface area contributed by atoms with Crippen LogP contribution in [0.4, 0.5) is 0 Å². The van der Waals surface area contributed by atoms with Gasteiger partial charge in [-0.1, -0.05) is 18.2 Å². The summed E-state index contributed by atoms with van der Waals surface area (Å²) < 4.78 is 0. The molecule has 0 aliphatic rings. The van der Waals surface area contributed by atoms with E-state index in [1.54, 1.807) is 6.20 Å². The number of hydrogen-bond donors (Lipinski definition) is 5. The summed E-state index contributed by atoms with van der Waals surface area (Å²) in [6.07, 6.45) is 1.88. The molecule has 0 aliphatic carbocycles. The fraction of sp³-hybridized carbons (Fsp3) is 0.312. The van der Waals surface area contributed by atoms with Crippen LogP contribution in [0.2, 0.25) is 0 Å². The monoisotopic (exact) mass is 371 g/mol. The molecule has 1 heterocycles. The molecule has 9 heteroatoms. The predicted molar refractivity (Wildman–Crippen MR) is 93.7 cm³/mol. The second-order valence-corrected chi connectivity index (χ2v) is 5.57. The van der Waals surface area contributed by atoms with Gasteiger partial charge in [0.1, 0.15) is 6.04 Å².